The molecule has 0 spiro atoms. The number of imidazole rings is 1. The maximum absolute atomic E-state index is 12.0. The summed E-state index contributed by atoms with van der Waals surface area (Å²) in [5.41, 5.74) is 2.98. The Hall–Kier alpha value is -2.95. The van der Waals surface area contributed by atoms with Crippen LogP contribution in [-0.4, -0.2) is 27.1 Å². The van der Waals surface area contributed by atoms with E-state index in [2.05, 4.69) is 9.97 Å². The molecule has 0 bridgehead atoms. The zero-order chi connectivity index (χ0) is 16.2. The fraction of sp³-hybridized carbons (Fsp3) is 0.167. The van der Waals surface area contributed by atoms with Gasteiger partial charge in [-0.05, 0) is 38.1 Å². The molecule has 0 radical (unpaired) electrons. The lowest BCUT2D eigenvalue weighted by atomic mass is 10.2. The zero-order valence-corrected chi connectivity index (χ0v) is 13.1. The zero-order valence-electron chi connectivity index (χ0n) is 13.1. The standard InChI is InChI=1S/C18H17N3O2/c1-3-23-18(22)16-12-21(15-7-5-4-6-8-15)17(20-16)14-10-9-13(2)19-11-14/h4-12H,3H2,1-2H3. The lowest BCUT2D eigenvalue weighted by Gasteiger charge is -2.07. The maximum atomic E-state index is 12.0. The molecule has 0 unspecified atom stereocenters. The molecule has 23 heavy (non-hydrogen) atoms. The van der Waals surface area contributed by atoms with Gasteiger partial charge in [-0.1, -0.05) is 18.2 Å². The third-order valence-electron chi connectivity index (χ3n) is 3.39. The number of hydrogen-bond acceptors (Lipinski definition) is 4. The van der Waals surface area contributed by atoms with E-state index in [0.29, 0.717) is 12.4 Å². The molecule has 0 aliphatic rings. The number of pyridine rings is 1. The topological polar surface area (TPSA) is 57.0 Å². The van der Waals surface area contributed by atoms with Gasteiger partial charge in [0.25, 0.3) is 0 Å². The number of carbonyl (C=O) groups is 1. The van der Waals surface area contributed by atoms with Crippen molar-refractivity contribution < 1.29 is 9.53 Å². The average molecular weight is 307 g/mol. The summed E-state index contributed by atoms with van der Waals surface area (Å²) in [6.07, 6.45) is 3.45. The van der Waals surface area contributed by atoms with E-state index in [-0.39, 0.29) is 5.69 Å². The van der Waals surface area contributed by atoms with Gasteiger partial charge in [0.05, 0.1) is 6.61 Å². The monoisotopic (exact) mass is 307 g/mol. The summed E-state index contributed by atoms with van der Waals surface area (Å²) >= 11 is 0. The largest absolute Gasteiger partial charge is 0.461 e. The molecular formula is C18H17N3O2. The Kier molecular flexibility index (Phi) is 4.19. The van der Waals surface area contributed by atoms with Crippen LogP contribution in [0.1, 0.15) is 23.1 Å². The smallest absolute Gasteiger partial charge is 0.358 e. The first kappa shape index (κ1) is 15.0. The van der Waals surface area contributed by atoms with Crippen LogP contribution in [0.25, 0.3) is 17.1 Å². The fourth-order valence-electron chi connectivity index (χ4n) is 2.27. The molecule has 3 rings (SSSR count). The van der Waals surface area contributed by atoms with Gasteiger partial charge in [0.1, 0.15) is 5.82 Å². The molecule has 3 aromatic rings. The Morgan fingerprint density at radius 3 is 2.61 bits per heavy atom. The number of benzene rings is 1. The number of para-hydroxylation sites is 1. The van der Waals surface area contributed by atoms with Crippen molar-refractivity contribution in [2.24, 2.45) is 0 Å². The Balaban J connectivity index is 2.12. The molecule has 0 saturated carbocycles. The number of ether oxygens (including phenoxy) is 1. The van der Waals surface area contributed by atoms with Gasteiger partial charge in [0, 0.05) is 29.3 Å². The highest BCUT2D eigenvalue weighted by Gasteiger charge is 2.17. The van der Waals surface area contributed by atoms with Crippen molar-refractivity contribution >= 4 is 5.97 Å². The maximum Gasteiger partial charge on any atom is 0.358 e. The van der Waals surface area contributed by atoms with Crippen LogP contribution in [0.3, 0.4) is 0 Å². The van der Waals surface area contributed by atoms with Gasteiger partial charge in [-0.3, -0.25) is 9.55 Å². The lowest BCUT2D eigenvalue weighted by Crippen LogP contribution is -2.04. The van der Waals surface area contributed by atoms with Gasteiger partial charge >= 0.3 is 5.97 Å². The molecule has 0 aliphatic heterocycles. The second-order valence-corrected chi connectivity index (χ2v) is 5.06. The summed E-state index contributed by atoms with van der Waals surface area (Å²) < 4.78 is 6.93. The number of hydrogen-bond donors (Lipinski definition) is 0. The fourth-order valence-corrected chi connectivity index (χ4v) is 2.27. The first-order valence-corrected chi connectivity index (χ1v) is 7.44. The average Bonchev–Trinajstić information content (AvgIpc) is 3.02. The number of carbonyl (C=O) groups excluding carboxylic acids is 1. The highest BCUT2D eigenvalue weighted by atomic mass is 16.5. The first-order chi connectivity index (χ1) is 11.2. The molecule has 0 amide bonds. The van der Waals surface area contributed by atoms with Gasteiger partial charge < -0.3 is 4.74 Å². The SMILES string of the molecule is CCOC(=O)c1cn(-c2ccccc2)c(-c2ccc(C)nc2)n1. The Morgan fingerprint density at radius 2 is 1.96 bits per heavy atom. The summed E-state index contributed by atoms with van der Waals surface area (Å²) in [5.74, 6) is 0.232. The van der Waals surface area contributed by atoms with E-state index < -0.39 is 5.97 Å². The molecule has 5 heteroatoms. The molecule has 5 nitrogen and oxygen atoms in total. The van der Waals surface area contributed by atoms with Gasteiger partial charge in [0.15, 0.2) is 5.69 Å². The molecule has 0 saturated heterocycles. The Labute approximate surface area is 134 Å². The van der Waals surface area contributed by atoms with E-state index in [0.717, 1.165) is 16.9 Å². The van der Waals surface area contributed by atoms with Crippen LogP contribution in [0, 0.1) is 6.92 Å². The minimum absolute atomic E-state index is 0.284. The van der Waals surface area contributed by atoms with Crippen LogP contribution in [0.5, 0.6) is 0 Å². The van der Waals surface area contributed by atoms with Crippen molar-refractivity contribution in [1.82, 2.24) is 14.5 Å². The van der Waals surface area contributed by atoms with E-state index in [9.17, 15) is 4.79 Å². The van der Waals surface area contributed by atoms with Crippen LogP contribution in [0.4, 0.5) is 0 Å². The van der Waals surface area contributed by atoms with Crippen LogP contribution in [0.2, 0.25) is 0 Å². The second kappa shape index (κ2) is 6.44. The quantitative estimate of drug-likeness (QED) is 0.693. The predicted octanol–water partition coefficient (Wildman–Crippen LogP) is 3.42. The van der Waals surface area contributed by atoms with Crippen molar-refractivity contribution in [2.45, 2.75) is 13.8 Å². The van der Waals surface area contributed by atoms with E-state index in [1.165, 1.54) is 0 Å². The van der Waals surface area contributed by atoms with Gasteiger partial charge in [0.2, 0.25) is 0 Å². The van der Waals surface area contributed by atoms with E-state index in [4.69, 9.17) is 4.74 Å². The summed E-state index contributed by atoms with van der Waals surface area (Å²) in [5, 5.41) is 0. The summed E-state index contributed by atoms with van der Waals surface area (Å²) in [4.78, 5) is 20.8. The minimum atomic E-state index is -0.427. The summed E-state index contributed by atoms with van der Waals surface area (Å²) in [6.45, 7) is 4.02. The molecule has 2 aromatic heterocycles. The molecule has 0 aliphatic carbocycles. The lowest BCUT2D eigenvalue weighted by molar-refractivity contribution is 0.0520. The van der Waals surface area contributed by atoms with Gasteiger partial charge in [-0.25, -0.2) is 9.78 Å². The molecule has 0 N–H and O–H groups in total. The highest BCUT2D eigenvalue weighted by Crippen LogP contribution is 2.23. The Bertz CT molecular complexity index is 808. The van der Waals surface area contributed by atoms with Crippen molar-refractivity contribution in [3.05, 3.63) is 66.2 Å². The third kappa shape index (κ3) is 3.13. The first-order valence-electron chi connectivity index (χ1n) is 7.44. The molecule has 116 valence electrons. The molecule has 1 aromatic carbocycles. The van der Waals surface area contributed by atoms with E-state index in [1.54, 1.807) is 19.3 Å². The van der Waals surface area contributed by atoms with E-state index in [1.807, 2.05) is 54.0 Å². The van der Waals surface area contributed by atoms with E-state index >= 15 is 0 Å². The van der Waals surface area contributed by atoms with Crippen molar-refractivity contribution in [3.8, 4) is 17.1 Å². The minimum Gasteiger partial charge on any atom is -0.461 e. The second-order valence-electron chi connectivity index (χ2n) is 5.06. The number of esters is 1. The predicted molar refractivity (Wildman–Crippen MR) is 87.5 cm³/mol. The van der Waals surface area contributed by atoms with Gasteiger partial charge in [-0.15, -0.1) is 0 Å². The van der Waals surface area contributed by atoms with Gasteiger partial charge in [-0.2, -0.15) is 0 Å². The normalized spacial score (nSPS) is 10.5. The summed E-state index contributed by atoms with van der Waals surface area (Å²) in [6, 6.07) is 13.6. The summed E-state index contributed by atoms with van der Waals surface area (Å²) in [7, 11) is 0. The third-order valence-corrected chi connectivity index (χ3v) is 3.39. The van der Waals surface area contributed by atoms with Crippen LogP contribution < -0.4 is 0 Å². The van der Waals surface area contributed by atoms with Crippen LogP contribution in [-0.2, 0) is 4.74 Å². The molecule has 0 fully saturated rings. The number of nitrogens with zero attached hydrogens (tertiary/aromatic N) is 3. The van der Waals surface area contributed by atoms with Crippen molar-refractivity contribution in [3.63, 3.8) is 0 Å². The van der Waals surface area contributed by atoms with Crippen molar-refractivity contribution in [1.29, 1.82) is 0 Å². The van der Waals surface area contributed by atoms with Crippen molar-refractivity contribution in [2.75, 3.05) is 6.61 Å². The molecule has 0 atom stereocenters. The molecule has 2 heterocycles. The van der Waals surface area contributed by atoms with Crippen LogP contribution in [0.15, 0.2) is 54.9 Å². The molecular weight excluding hydrogens is 290 g/mol. The number of rotatable bonds is 4. The van der Waals surface area contributed by atoms with Crippen LogP contribution >= 0.6 is 0 Å². The number of aromatic nitrogens is 3. The number of aryl methyl sites for hydroxylation is 1. The Morgan fingerprint density at radius 1 is 1.17 bits per heavy atom. The highest BCUT2D eigenvalue weighted by molar-refractivity contribution is 5.88.